The summed E-state index contributed by atoms with van der Waals surface area (Å²) in [5, 5.41) is 10.9. The molecule has 1 aliphatic rings. The smallest absolute Gasteiger partial charge is 0.166 e. The van der Waals surface area contributed by atoms with Crippen LogP contribution < -0.4 is 5.43 Å². The number of aromatic nitrogens is 2. The fraction of sp³-hybridized carbons (Fsp3) is 0.364. The topological polar surface area (TPSA) is 53.1 Å². The van der Waals surface area contributed by atoms with Crippen LogP contribution in [0.3, 0.4) is 0 Å². The molecule has 2 rings (SSSR count). The third-order valence-electron chi connectivity index (χ3n) is 2.45. The van der Waals surface area contributed by atoms with Crippen LogP contribution in [-0.4, -0.2) is 16.4 Å². The van der Waals surface area contributed by atoms with E-state index in [9.17, 15) is 0 Å². The molecule has 4 nitrogen and oxygen atoms in total. The van der Waals surface area contributed by atoms with E-state index in [-0.39, 0.29) is 0 Å². The lowest BCUT2D eigenvalue weighted by atomic mass is 9.96. The first kappa shape index (κ1) is 11.0. The molecule has 0 bridgehead atoms. The summed E-state index contributed by atoms with van der Waals surface area (Å²) in [6.07, 6.45) is 9.77. The van der Waals surface area contributed by atoms with Crippen LogP contribution in [0, 0.1) is 10.6 Å². The van der Waals surface area contributed by atoms with Crippen molar-refractivity contribution in [2.45, 2.75) is 19.3 Å². The first-order chi connectivity index (χ1) is 7.84. The van der Waals surface area contributed by atoms with Gasteiger partial charge in [0.15, 0.2) is 5.82 Å². The highest BCUT2D eigenvalue weighted by molar-refractivity contribution is 7.71. The number of hydrogen-bond acceptors (Lipinski definition) is 4. The van der Waals surface area contributed by atoms with Crippen molar-refractivity contribution in [1.29, 1.82) is 0 Å². The molecule has 0 radical (unpaired) electrons. The van der Waals surface area contributed by atoms with Gasteiger partial charge in [-0.2, -0.15) is 10.2 Å². The zero-order valence-electron chi connectivity index (χ0n) is 8.89. The highest BCUT2D eigenvalue weighted by Crippen LogP contribution is 2.15. The van der Waals surface area contributed by atoms with E-state index >= 15 is 0 Å². The van der Waals surface area contributed by atoms with Gasteiger partial charge in [0.1, 0.15) is 4.64 Å². The highest BCUT2D eigenvalue weighted by atomic mass is 32.1. The summed E-state index contributed by atoms with van der Waals surface area (Å²) in [5.41, 5.74) is 2.88. The number of nitrogens with zero attached hydrogens (tertiary/aromatic N) is 2. The van der Waals surface area contributed by atoms with Crippen LogP contribution in [0.4, 0.5) is 5.82 Å². The fourth-order valence-electron chi connectivity index (χ4n) is 1.57. The van der Waals surface area contributed by atoms with Crippen LogP contribution >= 0.6 is 12.2 Å². The van der Waals surface area contributed by atoms with Crippen molar-refractivity contribution in [3.05, 3.63) is 28.9 Å². The first-order valence-corrected chi connectivity index (χ1v) is 5.75. The summed E-state index contributed by atoms with van der Waals surface area (Å²) in [4.78, 5) is 0. The fourth-order valence-corrected chi connectivity index (χ4v) is 1.68. The normalized spacial score (nSPS) is 20.1. The largest absolute Gasteiger partial charge is 0.266 e. The van der Waals surface area contributed by atoms with Gasteiger partial charge in [-0.3, -0.25) is 10.5 Å². The average molecular weight is 234 g/mol. The molecule has 2 N–H and O–H groups in total. The van der Waals surface area contributed by atoms with Gasteiger partial charge in [0, 0.05) is 6.21 Å². The minimum atomic E-state index is 0.541. The lowest BCUT2D eigenvalue weighted by Gasteiger charge is -2.11. The summed E-state index contributed by atoms with van der Waals surface area (Å²) in [6, 6.07) is 3.58. The highest BCUT2D eigenvalue weighted by Gasteiger charge is 2.05. The van der Waals surface area contributed by atoms with Crippen molar-refractivity contribution in [1.82, 2.24) is 10.2 Å². The number of hydrazone groups is 1. The average Bonchev–Trinajstić information content (AvgIpc) is 2.33. The van der Waals surface area contributed by atoms with Gasteiger partial charge in [0.05, 0.1) is 0 Å². The molecular formula is C11H14N4S. The number of aromatic amines is 1. The van der Waals surface area contributed by atoms with E-state index in [0.29, 0.717) is 16.4 Å². The Morgan fingerprint density at radius 2 is 2.44 bits per heavy atom. The van der Waals surface area contributed by atoms with Gasteiger partial charge in [-0.05, 0) is 37.3 Å². The maximum atomic E-state index is 4.89. The predicted molar refractivity (Wildman–Crippen MR) is 68.0 cm³/mol. The molecule has 1 aromatic rings. The van der Waals surface area contributed by atoms with Crippen LogP contribution in [-0.2, 0) is 0 Å². The number of rotatable bonds is 3. The third-order valence-corrected chi connectivity index (χ3v) is 2.68. The van der Waals surface area contributed by atoms with Crippen LogP contribution in [0.2, 0.25) is 0 Å². The van der Waals surface area contributed by atoms with E-state index in [1.54, 1.807) is 12.1 Å². The summed E-state index contributed by atoms with van der Waals surface area (Å²) < 4.78 is 0.618. The maximum Gasteiger partial charge on any atom is 0.166 e. The summed E-state index contributed by atoms with van der Waals surface area (Å²) >= 11 is 4.89. The molecule has 1 aliphatic carbocycles. The Labute approximate surface area is 99.5 Å². The second-order valence-electron chi connectivity index (χ2n) is 3.74. The summed E-state index contributed by atoms with van der Waals surface area (Å²) in [6.45, 7) is 0. The van der Waals surface area contributed by atoms with Gasteiger partial charge in [-0.1, -0.05) is 24.4 Å². The lowest BCUT2D eigenvalue weighted by Crippen LogP contribution is -2.05. The zero-order chi connectivity index (χ0) is 11.2. The Morgan fingerprint density at radius 3 is 3.12 bits per heavy atom. The van der Waals surface area contributed by atoms with E-state index in [4.69, 9.17) is 12.2 Å². The molecular weight excluding hydrogens is 220 g/mol. The first-order valence-electron chi connectivity index (χ1n) is 5.34. The number of anilines is 1. The van der Waals surface area contributed by atoms with Crippen LogP contribution in [0.1, 0.15) is 19.3 Å². The molecule has 16 heavy (non-hydrogen) atoms. The number of H-pyrrole nitrogens is 1. The maximum absolute atomic E-state index is 4.89. The molecule has 0 saturated heterocycles. The molecule has 1 aromatic heterocycles. The Morgan fingerprint density at radius 1 is 1.50 bits per heavy atom. The standard InChI is InChI=1S/C11H14N4S/c16-11-7-6-10(14-15-11)13-12-8-9-4-2-1-3-5-9/h1-2,6-9H,3-5H2,(H,13,14)(H,15,16)/b12-8-/t9-/m0/s1. The van der Waals surface area contributed by atoms with Gasteiger partial charge in [0.2, 0.25) is 0 Å². The zero-order valence-corrected chi connectivity index (χ0v) is 9.70. The molecule has 5 heteroatoms. The van der Waals surface area contributed by atoms with E-state index < -0.39 is 0 Å². The van der Waals surface area contributed by atoms with Gasteiger partial charge in [-0.25, -0.2) is 0 Å². The molecule has 1 atom stereocenters. The molecule has 0 spiro atoms. The Balaban J connectivity index is 1.86. The summed E-state index contributed by atoms with van der Waals surface area (Å²) in [5.74, 6) is 1.22. The van der Waals surface area contributed by atoms with Gasteiger partial charge >= 0.3 is 0 Å². The van der Waals surface area contributed by atoms with Crippen molar-refractivity contribution in [2.24, 2.45) is 11.0 Å². The van der Waals surface area contributed by atoms with Crippen molar-refractivity contribution in [3.63, 3.8) is 0 Å². The third kappa shape index (κ3) is 3.27. The Bertz CT molecular complexity index is 429. The van der Waals surface area contributed by atoms with Crippen molar-refractivity contribution >= 4 is 24.3 Å². The molecule has 0 aliphatic heterocycles. The van der Waals surface area contributed by atoms with Crippen LogP contribution in [0.15, 0.2) is 29.4 Å². The minimum Gasteiger partial charge on any atom is -0.266 e. The van der Waals surface area contributed by atoms with Crippen molar-refractivity contribution in [3.8, 4) is 0 Å². The second kappa shape index (κ2) is 5.55. The monoisotopic (exact) mass is 234 g/mol. The summed E-state index contributed by atoms with van der Waals surface area (Å²) in [7, 11) is 0. The quantitative estimate of drug-likeness (QED) is 0.366. The van der Waals surface area contributed by atoms with E-state index in [1.165, 1.54) is 6.42 Å². The molecule has 0 unspecified atom stereocenters. The second-order valence-corrected chi connectivity index (χ2v) is 4.18. The molecule has 0 aromatic carbocycles. The van der Waals surface area contributed by atoms with E-state index in [2.05, 4.69) is 32.9 Å². The SMILES string of the molecule is S=c1ccc(N/N=C\[C@H]2CC=CCC2)n[nH]1. The molecule has 0 saturated carbocycles. The molecule has 0 fully saturated rings. The number of nitrogens with one attached hydrogen (secondary N) is 2. The van der Waals surface area contributed by atoms with E-state index in [0.717, 1.165) is 12.8 Å². The lowest BCUT2D eigenvalue weighted by molar-refractivity contribution is 0.627. The predicted octanol–water partition coefficient (Wildman–Crippen LogP) is 2.89. The minimum absolute atomic E-state index is 0.541. The molecule has 0 amide bonds. The van der Waals surface area contributed by atoms with Crippen molar-refractivity contribution in [2.75, 3.05) is 5.43 Å². The van der Waals surface area contributed by atoms with Gasteiger partial charge < -0.3 is 0 Å². The van der Waals surface area contributed by atoms with Gasteiger partial charge in [-0.15, -0.1) is 0 Å². The Hall–Kier alpha value is -1.49. The van der Waals surface area contributed by atoms with E-state index in [1.807, 2.05) is 6.21 Å². The van der Waals surface area contributed by atoms with Crippen LogP contribution in [0.5, 0.6) is 0 Å². The Kier molecular flexibility index (Phi) is 3.82. The molecule has 84 valence electrons. The van der Waals surface area contributed by atoms with Gasteiger partial charge in [0.25, 0.3) is 0 Å². The molecule has 1 heterocycles. The van der Waals surface area contributed by atoms with Crippen LogP contribution in [0.25, 0.3) is 0 Å². The number of allylic oxidation sites excluding steroid dienone is 2. The number of hydrogen-bond donors (Lipinski definition) is 2. The van der Waals surface area contributed by atoms with Crippen molar-refractivity contribution < 1.29 is 0 Å².